The number of sulfonamides is 1. The van der Waals surface area contributed by atoms with Crippen molar-refractivity contribution in [2.45, 2.75) is 18.9 Å². The molecule has 0 radical (unpaired) electrons. The van der Waals surface area contributed by atoms with Crippen LogP contribution < -0.4 is 0 Å². The number of hydrogen-bond acceptors (Lipinski definition) is 2. The minimum Gasteiger partial charge on any atom is -0.212 e. The van der Waals surface area contributed by atoms with Gasteiger partial charge in [-0.05, 0) is 18.4 Å². The lowest BCUT2D eigenvalue weighted by atomic mass is 10.1. The summed E-state index contributed by atoms with van der Waals surface area (Å²) in [7, 11) is -3.21. The number of nitrogens with zero attached hydrogens (tertiary/aromatic N) is 1. The zero-order valence-electron chi connectivity index (χ0n) is 9.55. The first-order valence-corrected chi connectivity index (χ1v) is 7.90. The molecule has 1 fully saturated rings. The summed E-state index contributed by atoms with van der Waals surface area (Å²) in [6, 6.07) is 9.79. The Morgan fingerprint density at radius 1 is 1.29 bits per heavy atom. The maximum Gasteiger partial charge on any atom is 0.215 e. The van der Waals surface area contributed by atoms with E-state index in [1.54, 1.807) is 4.31 Å². The molecule has 1 heterocycles. The van der Waals surface area contributed by atoms with Crippen LogP contribution in [0.15, 0.2) is 30.3 Å². The fraction of sp³-hybridized carbons (Fsp3) is 0.500. The normalized spacial score (nSPS) is 21.8. The van der Waals surface area contributed by atoms with Crippen molar-refractivity contribution in [3.05, 3.63) is 35.9 Å². The first kappa shape index (κ1) is 12.9. The van der Waals surface area contributed by atoms with E-state index in [1.807, 2.05) is 30.3 Å². The molecule has 3 nitrogen and oxygen atoms in total. The number of hydrogen-bond donors (Lipinski definition) is 0. The topological polar surface area (TPSA) is 37.4 Å². The van der Waals surface area contributed by atoms with Crippen molar-refractivity contribution in [3.8, 4) is 0 Å². The second-order valence-corrected chi connectivity index (χ2v) is 6.60. The van der Waals surface area contributed by atoms with Crippen LogP contribution in [0.2, 0.25) is 0 Å². The average Bonchev–Trinajstić information content (AvgIpc) is 2.79. The van der Waals surface area contributed by atoms with Gasteiger partial charge in [-0.15, -0.1) is 11.6 Å². The Balaban J connectivity index is 2.24. The molecule has 0 saturated carbocycles. The molecule has 2 rings (SSSR count). The summed E-state index contributed by atoms with van der Waals surface area (Å²) in [6.45, 7) is 0.610. The van der Waals surface area contributed by atoms with Gasteiger partial charge in [-0.1, -0.05) is 30.3 Å². The monoisotopic (exact) mass is 273 g/mol. The molecule has 0 spiro atoms. The molecule has 0 aliphatic carbocycles. The molecule has 1 aliphatic rings. The van der Waals surface area contributed by atoms with E-state index in [2.05, 4.69) is 0 Å². The van der Waals surface area contributed by atoms with Crippen molar-refractivity contribution < 1.29 is 8.42 Å². The van der Waals surface area contributed by atoms with Gasteiger partial charge in [0.05, 0.1) is 5.75 Å². The lowest BCUT2D eigenvalue weighted by Gasteiger charge is -2.24. The predicted octanol–water partition coefficient (Wildman–Crippen LogP) is 2.39. The summed E-state index contributed by atoms with van der Waals surface area (Å²) in [6.07, 6.45) is 1.81. The molecule has 17 heavy (non-hydrogen) atoms. The predicted molar refractivity (Wildman–Crippen MR) is 69.6 cm³/mol. The quantitative estimate of drug-likeness (QED) is 0.790. The number of halogens is 1. The molecule has 0 N–H and O–H groups in total. The Hall–Kier alpha value is -0.580. The van der Waals surface area contributed by atoms with Crippen LogP contribution in [0.25, 0.3) is 0 Å². The molecule has 5 heteroatoms. The zero-order valence-corrected chi connectivity index (χ0v) is 11.1. The number of rotatable bonds is 4. The maximum absolute atomic E-state index is 12.1. The summed E-state index contributed by atoms with van der Waals surface area (Å²) < 4.78 is 25.7. The Kier molecular flexibility index (Phi) is 4.07. The van der Waals surface area contributed by atoms with Crippen molar-refractivity contribution in [2.75, 3.05) is 18.2 Å². The van der Waals surface area contributed by atoms with Gasteiger partial charge in [0, 0.05) is 18.5 Å². The average molecular weight is 274 g/mol. The molecule has 0 amide bonds. The number of alkyl halides is 1. The second kappa shape index (κ2) is 5.38. The molecule has 94 valence electrons. The molecule has 1 aromatic rings. The van der Waals surface area contributed by atoms with Crippen molar-refractivity contribution in [3.63, 3.8) is 0 Å². The first-order chi connectivity index (χ1) is 8.15. The van der Waals surface area contributed by atoms with E-state index in [0.29, 0.717) is 6.54 Å². The van der Waals surface area contributed by atoms with Crippen molar-refractivity contribution >= 4 is 21.6 Å². The van der Waals surface area contributed by atoms with Gasteiger partial charge < -0.3 is 0 Å². The van der Waals surface area contributed by atoms with Gasteiger partial charge >= 0.3 is 0 Å². The lowest BCUT2D eigenvalue weighted by Crippen LogP contribution is -2.33. The van der Waals surface area contributed by atoms with Gasteiger partial charge in [0.15, 0.2) is 0 Å². The molecular weight excluding hydrogens is 258 g/mol. The highest BCUT2D eigenvalue weighted by Crippen LogP contribution is 2.34. The standard InChI is InChI=1S/C12H16ClNO2S/c13-8-10-17(15,16)14-9-4-7-12(14)11-5-2-1-3-6-11/h1-3,5-6,12H,4,7-10H2. The highest BCUT2D eigenvalue weighted by atomic mass is 35.5. The van der Waals surface area contributed by atoms with E-state index < -0.39 is 10.0 Å². The third kappa shape index (κ3) is 2.81. The molecule has 1 atom stereocenters. The summed E-state index contributed by atoms with van der Waals surface area (Å²) >= 11 is 5.55. The van der Waals surface area contributed by atoms with Crippen LogP contribution in [0.4, 0.5) is 0 Å². The number of benzene rings is 1. The van der Waals surface area contributed by atoms with E-state index >= 15 is 0 Å². The van der Waals surface area contributed by atoms with Crippen LogP contribution in [0.1, 0.15) is 24.4 Å². The summed E-state index contributed by atoms with van der Waals surface area (Å²) in [5.74, 6) is 0.179. The minimum atomic E-state index is -3.21. The summed E-state index contributed by atoms with van der Waals surface area (Å²) in [4.78, 5) is 0. The van der Waals surface area contributed by atoms with E-state index in [0.717, 1.165) is 18.4 Å². The molecule has 1 aliphatic heterocycles. The zero-order chi connectivity index (χ0) is 12.3. The summed E-state index contributed by atoms with van der Waals surface area (Å²) in [5.41, 5.74) is 1.07. The fourth-order valence-corrected chi connectivity index (χ4v) is 4.33. The fourth-order valence-electron chi connectivity index (χ4n) is 2.30. The third-order valence-corrected chi connectivity index (χ3v) is 5.37. The van der Waals surface area contributed by atoms with Gasteiger partial charge in [0.1, 0.15) is 0 Å². The minimum absolute atomic E-state index is 0.00980. The van der Waals surface area contributed by atoms with E-state index in [-0.39, 0.29) is 17.7 Å². The molecule has 1 unspecified atom stereocenters. The summed E-state index contributed by atoms with van der Waals surface area (Å²) in [5, 5.41) is 0. The van der Waals surface area contributed by atoms with Gasteiger partial charge in [0.2, 0.25) is 10.0 Å². The van der Waals surface area contributed by atoms with E-state index in [4.69, 9.17) is 11.6 Å². The van der Waals surface area contributed by atoms with Gasteiger partial charge in [-0.3, -0.25) is 0 Å². The molecule has 0 bridgehead atoms. The SMILES string of the molecule is O=S(=O)(CCCl)N1CCCC1c1ccccc1. The molecule has 0 aromatic heterocycles. The Bertz CT molecular complexity index is 461. The second-order valence-electron chi connectivity index (χ2n) is 4.18. The smallest absolute Gasteiger partial charge is 0.212 e. The largest absolute Gasteiger partial charge is 0.215 e. The Morgan fingerprint density at radius 3 is 2.65 bits per heavy atom. The van der Waals surface area contributed by atoms with Crippen molar-refractivity contribution in [1.82, 2.24) is 4.31 Å². The van der Waals surface area contributed by atoms with E-state index in [1.165, 1.54) is 0 Å². The van der Waals surface area contributed by atoms with Crippen LogP contribution in [0.3, 0.4) is 0 Å². The van der Waals surface area contributed by atoms with Crippen LogP contribution >= 0.6 is 11.6 Å². The molecular formula is C12H16ClNO2S. The van der Waals surface area contributed by atoms with Crippen LogP contribution in [0.5, 0.6) is 0 Å². The van der Waals surface area contributed by atoms with E-state index in [9.17, 15) is 8.42 Å². The third-order valence-electron chi connectivity index (χ3n) is 3.08. The highest BCUT2D eigenvalue weighted by Gasteiger charge is 2.34. The van der Waals surface area contributed by atoms with Crippen molar-refractivity contribution in [2.24, 2.45) is 0 Å². The Morgan fingerprint density at radius 2 is 2.00 bits per heavy atom. The molecule has 1 aromatic carbocycles. The maximum atomic E-state index is 12.1. The van der Waals surface area contributed by atoms with Gasteiger partial charge in [-0.2, -0.15) is 4.31 Å². The Labute approximate surface area is 107 Å². The van der Waals surface area contributed by atoms with Crippen LogP contribution in [-0.2, 0) is 10.0 Å². The van der Waals surface area contributed by atoms with Crippen molar-refractivity contribution in [1.29, 1.82) is 0 Å². The van der Waals surface area contributed by atoms with Gasteiger partial charge in [0.25, 0.3) is 0 Å². The van der Waals surface area contributed by atoms with Crippen LogP contribution in [0, 0.1) is 0 Å². The van der Waals surface area contributed by atoms with Crippen LogP contribution in [-0.4, -0.2) is 30.9 Å². The first-order valence-electron chi connectivity index (χ1n) is 5.75. The highest BCUT2D eigenvalue weighted by molar-refractivity contribution is 7.89. The lowest BCUT2D eigenvalue weighted by molar-refractivity contribution is 0.397. The molecule has 1 saturated heterocycles. The van der Waals surface area contributed by atoms with Gasteiger partial charge in [-0.25, -0.2) is 8.42 Å².